The average Bonchev–Trinajstić information content (AvgIpc) is 3.21. The van der Waals surface area contributed by atoms with Crippen molar-refractivity contribution < 1.29 is 14.3 Å². The second kappa shape index (κ2) is 9.46. The van der Waals surface area contributed by atoms with Crippen molar-refractivity contribution in [2.24, 2.45) is 0 Å². The highest BCUT2D eigenvalue weighted by molar-refractivity contribution is 6.03. The van der Waals surface area contributed by atoms with E-state index in [1.54, 1.807) is 26.0 Å². The summed E-state index contributed by atoms with van der Waals surface area (Å²) in [5.41, 5.74) is 3.11. The highest BCUT2D eigenvalue weighted by Gasteiger charge is 2.15. The van der Waals surface area contributed by atoms with Gasteiger partial charge >= 0.3 is 5.97 Å². The molecule has 0 aliphatic carbocycles. The fraction of sp³-hybridized carbons (Fsp3) is 0.409. The normalized spacial score (nSPS) is 14.1. The topological polar surface area (TPSA) is 71.5 Å². The van der Waals surface area contributed by atoms with Gasteiger partial charge in [0.2, 0.25) is 0 Å². The molecule has 3 rings (SSSR count). The van der Waals surface area contributed by atoms with Gasteiger partial charge in [0.05, 0.1) is 17.9 Å². The van der Waals surface area contributed by atoms with E-state index in [1.807, 2.05) is 24.3 Å². The lowest BCUT2D eigenvalue weighted by atomic mass is 10.1. The molecule has 2 aromatic rings. The number of aryl methyl sites for hydroxylation is 1. The number of anilines is 1. The number of esters is 1. The molecular formula is C22H27N3O3. The Bertz CT molecular complexity index is 827. The van der Waals surface area contributed by atoms with Crippen LogP contribution in [0.25, 0.3) is 0 Å². The van der Waals surface area contributed by atoms with Crippen molar-refractivity contribution in [3.63, 3.8) is 0 Å². The summed E-state index contributed by atoms with van der Waals surface area (Å²) in [5.74, 6) is -0.729. The van der Waals surface area contributed by atoms with Gasteiger partial charge in [0.15, 0.2) is 0 Å². The van der Waals surface area contributed by atoms with Crippen LogP contribution >= 0.6 is 0 Å². The van der Waals surface area contributed by atoms with Crippen LogP contribution in [0.2, 0.25) is 0 Å². The molecule has 28 heavy (non-hydrogen) atoms. The van der Waals surface area contributed by atoms with Gasteiger partial charge in [0.1, 0.15) is 5.69 Å². The molecule has 2 heterocycles. The van der Waals surface area contributed by atoms with Crippen LogP contribution in [0.3, 0.4) is 0 Å². The number of carbonyl (C=O) groups is 2. The third-order valence-electron chi connectivity index (χ3n) is 4.94. The van der Waals surface area contributed by atoms with E-state index in [9.17, 15) is 9.59 Å². The van der Waals surface area contributed by atoms with Gasteiger partial charge in [0, 0.05) is 12.2 Å². The van der Waals surface area contributed by atoms with Gasteiger partial charge in [-0.05, 0) is 76.0 Å². The molecule has 1 aromatic heterocycles. The van der Waals surface area contributed by atoms with Crippen molar-refractivity contribution in [3.05, 3.63) is 58.9 Å². The van der Waals surface area contributed by atoms with Crippen molar-refractivity contribution >= 4 is 17.6 Å². The first-order chi connectivity index (χ1) is 13.6. The minimum absolute atomic E-state index is 0.267. The Labute approximate surface area is 165 Å². The van der Waals surface area contributed by atoms with E-state index in [0.29, 0.717) is 17.9 Å². The number of aromatic nitrogens is 1. The van der Waals surface area contributed by atoms with Crippen LogP contribution in [0.1, 0.15) is 51.9 Å². The van der Waals surface area contributed by atoms with Gasteiger partial charge in [-0.2, -0.15) is 0 Å². The molecule has 1 aliphatic heterocycles. The third kappa shape index (κ3) is 5.16. The number of hydrogen-bond donors (Lipinski definition) is 1. The lowest BCUT2D eigenvalue weighted by molar-refractivity contribution is 0.0524. The molecule has 0 radical (unpaired) electrons. The molecule has 0 bridgehead atoms. The van der Waals surface area contributed by atoms with Crippen LogP contribution < -0.4 is 5.32 Å². The summed E-state index contributed by atoms with van der Waals surface area (Å²) < 4.78 is 4.99. The largest absolute Gasteiger partial charge is 0.462 e. The maximum Gasteiger partial charge on any atom is 0.339 e. The molecule has 0 spiro atoms. The standard InChI is InChI=1S/C22H27N3O3/c1-3-28-22(27)19-10-11-20(23-16(19)2)21(26)24-18-8-6-17(7-9-18)12-15-25-13-4-5-14-25/h6-11H,3-5,12-15H2,1-2H3,(H,24,26). The van der Waals surface area contributed by atoms with Crippen LogP contribution in [0, 0.1) is 6.92 Å². The van der Waals surface area contributed by atoms with Crippen molar-refractivity contribution in [1.82, 2.24) is 9.88 Å². The minimum atomic E-state index is -0.427. The smallest absolute Gasteiger partial charge is 0.339 e. The molecule has 1 aliphatic rings. The second-order valence-corrected chi connectivity index (χ2v) is 7.00. The molecule has 148 valence electrons. The summed E-state index contributed by atoms with van der Waals surface area (Å²) in [6.07, 6.45) is 3.63. The number of carbonyl (C=O) groups excluding carboxylic acids is 2. The zero-order chi connectivity index (χ0) is 19.9. The Morgan fingerprint density at radius 1 is 1.11 bits per heavy atom. The van der Waals surface area contributed by atoms with E-state index >= 15 is 0 Å². The molecule has 1 saturated heterocycles. The number of hydrogen-bond acceptors (Lipinski definition) is 5. The Morgan fingerprint density at radius 2 is 1.82 bits per heavy atom. The van der Waals surface area contributed by atoms with Gasteiger partial charge in [-0.1, -0.05) is 12.1 Å². The minimum Gasteiger partial charge on any atom is -0.462 e. The summed E-state index contributed by atoms with van der Waals surface area (Å²) in [7, 11) is 0. The number of nitrogens with one attached hydrogen (secondary N) is 1. The van der Waals surface area contributed by atoms with E-state index in [2.05, 4.69) is 15.2 Å². The van der Waals surface area contributed by atoms with Gasteiger partial charge in [-0.15, -0.1) is 0 Å². The summed E-state index contributed by atoms with van der Waals surface area (Å²) in [6, 6.07) is 11.0. The number of likely N-dealkylation sites (tertiary alicyclic amines) is 1. The van der Waals surface area contributed by atoms with E-state index in [4.69, 9.17) is 4.74 Å². The monoisotopic (exact) mass is 381 g/mol. The molecule has 6 heteroatoms. The van der Waals surface area contributed by atoms with Crippen molar-refractivity contribution in [2.75, 3.05) is 31.6 Å². The predicted octanol–water partition coefficient (Wildman–Crippen LogP) is 3.46. The third-order valence-corrected chi connectivity index (χ3v) is 4.94. The Kier molecular flexibility index (Phi) is 6.76. The molecular weight excluding hydrogens is 354 g/mol. The first-order valence-electron chi connectivity index (χ1n) is 9.84. The maximum absolute atomic E-state index is 12.5. The van der Waals surface area contributed by atoms with Crippen molar-refractivity contribution in [1.29, 1.82) is 0 Å². The van der Waals surface area contributed by atoms with E-state index in [0.717, 1.165) is 18.7 Å². The predicted molar refractivity (Wildman–Crippen MR) is 109 cm³/mol. The second-order valence-electron chi connectivity index (χ2n) is 7.00. The molecule has 0 atom stereocenters. The Morgan fingerprint density at radius 3 is 2.46 bits per heavy atom. The number of nitrogens with zero attached hydrogens (tertiary/aromatic N) is 2. The summed E-state index contributed by atoms with van der Waals surface area (Å²) in [5, 5.41) is 2.86. The summed E-state index contributed by atoms with van der Waals surface area (Å²) in [6.45, 7) is 7.24. The molecule has 1 N–H and O–H groups in total. The van der Waals surface area contributed by atoms with Crippen molar-refractivity contribution in [3.8, 4) is 0 Å². The summed E-state index contributed by atoms with van der Waals surface area (Å²) in [4.78, 5) is 31.0. The molecule has 1 fully saturated rings. The van der Waals surface area contributed by atoms with Gasteiger partial charge in [-0.3, -0.25) is 4.79 Å². The molecule has 0 unspecified atom stereocenters. The van der Waals surface area contributed by atoms with Crippen LogP contribution in [0.4, 0.5) is 5.69 Å². The maximum atomic E-state index is 12.5. The number of amides is 1. The number of benzene rings is 1. The van der Waals surface area contributed by atoms with Gasteiger partial charge in [0.25, 0.3) is 5.91 Å². The fourth-order valence-electron chi connectivity index (χ4n) is 3.36. The average molecular weight is 381 g/mol. The number of pyridine rings is 1. The Hall–Kier alpha value is -2.73. The van der Waals surface area contributed by atoms with Crippen molar-refractivity contribution in [2.45, 2.75) is 33.1 Å². The summed E-state index contributed by atoms with van der Waals surface area (Å²) >= 11 is 0. The lowest BCUT2D eigenvalue weighted by Crippen LogP contribution is -2.21. The lowest BCUT2D eigenvalue weighted by Gasteiger charge is -2.14. The molecule has 6 nitrogen and oxygen atoms in total. The SMILES string of the molecule is CCOC(=O)c1ccc(C(=O)Nc2ccc(CCN3CCCC3)cc2)nc1C. The number of rotatable bonds is 7. The Balaban J connectivity index is 1.58. The molecule has 0 saturated carbocycles. The molecule has 1 amide bonds. The number of ether oxygens (including phenoxy) is 1. The van der Waals surface area contributed by atoms with Crippen LogP contribution in [0.15, 0.2) is 36.4 Å². The zero-order valence-corrected chi connectivity index (χ0v) is 16.5. The van der Waals surface area contributed by atoms with Crippen LogP contribution in [-0.4, -0.2) is 48.0 Å². The van der Waals surface area contributed by atoms with Crippen LogP contribution in [0.5, 0.6) is 0 Å². The van der Waals surface area contributed by atoms with Gasteiger partial charge < -0.3 is 15.0 Å². The zero-order valence-electron chi connectivity index (χ0n) is 16.5. The molecule has 1 aromatic carbocycles. The fourth-order valence-corrected chi connectivity index (χ4v) is 3.36. The van der Waals surface area contributed by atoms with E-state index in [-0.39, 0.29) is 11.6 Å². The highest BCUT2D eigenvalue weighted by Crippen LogP contribution is 2.15. The van der Waals surface area contributed by atoms with E-state index < -0.39 is 5.97 Å². The van der Waals surface area contributed by atoms with Gasteiger partial charge in [-0.25, -0.2) is 9.78 Å². The van der Waals surface area contributed by atoms with E-state index in [1.165, 1.54) is 31.5 Å². The van der Waals surface area contributed by atoms with Crippen LogP contribution in [-0.2, 0) is 11.2 Å². The highest BCUT2D eigenvalue weighted by atomic mass is 16.5. The quantitative estimate of drug-likeness (QED) is 0.744. The first-order valence-corrected chi connectivity index (χ1v) is 9.84. The first kappa shape index (κ1) is 20.0.